The van der Waals surface area contributed by atoms with Crippen LogP contribution in [0.3, 0.4) is 0 Å². The lowest BCUT2D eigenvalue weighted by Crippen LogP contribution is -2.41. The van der Waals surface area contributed by atoms with Crippen LogP contribution in [0.5, 0.6) is 10.9 Å². The Morgan fingerprint density at radius 1 is 1.11 bits per heavy atom. The number of aromatic nitrogens is 1. The maximum Gasteiger partial charge on any atom is 0.274 e. The summed E-state index contributed by atoms with van der Waals surface area (Å²) >= 11 is 1.48. The van der Waals surface area contributed by atoms with Gasteiger partial charge in [0.1, 0.15) is 11.9 Å². The molecule has 2 heterocycles. The van der Waals surface area contributed by atoms with E-state index in [4.69, 9.17) is 9.47 Å². The van der Waals surface area contributed by atoms with Gasteiger partial charge in [-0.3, -0.25) is 0 Å². The molecule has 0 unspecified atom stereocenters. The van der Waals surface area contributed by atoms with Crippen LogP contribution < -0.4 is 9.47 Å². The Hall–Kier alpha value is -2.16. The van der Waals surface area contributed by atoms with Crippen LogP contribution in [0.25, 0.3) is 10.2 Å². The van der Waals surface area contributed by atoms with Crippen molar-refractivity contribution in [1.29, 1.82) is 0 Å². The molecule has 1 aliphatic heterocycles. The van der Waals surface area contributed by atoms with Gasteiger partial charge >= 0.3 is 0 Å². The van der Waals surface area contributed by atoms with Gasteiger partial charge in [-0.05, 0) is 43.2 Å². The largest absolute Gasteiger partial charge is 0.497 e. The van der Waals surface area contributed by atoms with Gasteiger partial charge in [0.15, 0.2) is 0 Å². The summed E-state index contributed by atoms with van der Waals surface area (Å²) in [6.45, 7) is 0.890. The first kappa shape index (κ1) is 18.2. The van der Waals surface area contributed by atoms with Crippen LogP contribution in [0.15, 0.2) is 53.4 Å². The van der Waals surface area contributed by atoms with Crippen molar-refractivity contribution in [1.82, 2.24) is 9.29 Å². The molecule has 0 saturated carbocycles. The molecule has 1 aromatic heterocycles. The molecular formula is C19H20N2O4S2. The number of benzene rings is 2. The lowest BCUT2D eigenvalue weighted by atomic mass is 10.1. The lowest BCUT2D eigenvalue weighted by molar-refractivity contribution is 0.135. The molecule has 1 fully saturated rings. The standard InChI is InChI=1S/C19H20N2O4S2/c1-24-15-7-8-17-18(13-15)26-19(20-17)25-14-9-11-21(12-10-14)27(22,23)16-5-3-2-4-6-16/h2-8,13-14H,9-12H2,1H3. The molecule has 0 N–H and O–H groups in total. The fraction of sp³-hybridized carbons (Fsp3) is 0.316. The Bertz CT molecular complexity index is 1030. The number of rotatable bonds is 5. The van der Waals surface area contributed by atoms with E-state index in [1.54, 1.807) is 31.4 Å². The van der Waals surface area contributed by atoms with Crippen LogP contribution in [0.1, 0.15) is 12.8 Å². The number of piperidine rings is 1. The van der Waals surface area contributed by atoms with Crippen molar-refractivity contribution in [2.24, 2.45) is 0 Å². The summed E-state index contributed by atoms with van der Waals surface area (Å²) in [5.41, 5.74) is 0.875. The molecule has 0 spiro atoms. The van der Waals surface area contributed by atoms with Crippen molar-refractivity contribution in [3.05, 3.63) is 48.5 Å². The zero-order valence-corrected chi connectivity index (χ0v) is 16.5. The monoisotopic (exact) mass is 404 g/mol. The van der Waals surface area contributed by atoms with E-state index < -0.39 is 10.0 Å². The molecule has 142 valence electrons. The fourth-order valence-corrected chi connectivity index (χ4v) is 5.54. The SMILES string of the molecule is COc1ccc2nc(OC3CCN(S(=O)(=O)c4ccccc4)CC3)sc2c1. The molecule has 1 aliphatic rings. The van der Waals surface area contributed by atoms with Gasteiger partial charge in [0.2, 0.25) is 10.0 Å². The highest BCUT2D eigenvalue weighted by Crippen LogP contribution is 2.32. The quantitative estimate of drug-likeness (QED) is 0.651. The van der Waals surface area contributed by atoms with Gasteiger partial charge in [-0.15, -0.1) is 0 Å². The minimum absolute atomic E-state index is 0.0327. The smallest absolute Gasteiger partial charge is 0.274 e. The molecule has 27 heavy (non-hydrogen) atoms. The Labute approximate surface area is 162 Å². The number of nitrogens with zero attached hydrogens (tertiary/aromatic N) is 2. The Morgan fingerprint density at radius 3 is 2.56 bits per heavy atom. The molecule has 0 aliphatic carbocycles. The van der Waals surface area contributed by atoms with Gasteiger partial charge in [0.25, 0.3) is 5.19 Å². The molecule has 3 aromatic rings. The number of ether oxygens (including phenoxy) is 2. The number of thiazole rings is 1. The third kappa shape index (κ3) is 3.78. The first-order valence-electron chi connectivity index (χ1n) is 8.73. The Morgan fingerprint density at radius 2 is 1.85 bits per heavy atom. The van der Waals surface area contributed by atoms with Crippen LogP contribution in [-0.2, 0) is 10.0 Å². The molecule has 0 atom stereocenters. The predicted molar refractivity (Wildman–Crippen MR) is 105 cm³/mol. The fourth-order valence-electron chi connectivity index (χ4n) is 3.14. The third-order valence-corrected chi connectivity index (χ3v) is 7.45. The van der Waals surface area contributed by atoms with Crippen LogP contribution in [0.2, 0.25) is 0 Å². The Balaban J connectivity index is 1.41. The second-order valence-electron chi connectivity index (χ2n) is 6.35. The van der Waals surface area contributed by atoms with Gasteiger partial charge in [0.05, 0.1) is 22.2 Å². The summed E-state index contributed by atoms with van der Waals surface area (Å²) in [4.78, 5) is 4.84. The zero-order valence-electron chi connectivity index (χ0n) is 14.9. The topological polar surface area (TPSA) is 68.7 Å². The van der Waals surface area contributed by atoms with Crippen molar-refractivity contribution in [2.45, 2.75) is 23.8 Å². The number of sulfonamides is 1. The highest BCUT2D eigenvalue weighted by molar-refractivity contribution is 7.89. The highest BCUT2D eigenvalue weighted by Gasteiger charge is 2.30. The van der Waals surface area contributed by atoms with Gasteiger partial charge in [0, 0.05) is 13.1 Å². The van der Waals surface area contributed by atoms with Crippen LogP contribution in [0.4, 0.5) is 0 Å². The van der Waals surface area contributed by atoms with Crippen LogP contribution in [-0.4, -0.2) is 44.0 Å². The number of methoxy groups -OCH3 is 1. The van der Waals surface area contributed by atoms with Crippen LogP contribution >= 0.6 is 11.3 Å². The zero-order chi connectivity index (χ0) is 18.9. The first-order chi connectivity index (χ1) is 13.1. The Kier molecular flexibility index (Phi) is 5.03. The van der Waals surface area contributed by atoms with Crippen molar-refractivity contribution >= 4 is 31.6 Å². The molecule has 1 saturated heterocycles. The third-order valence-electron chi connectivity index (χ3n) is 4.63. The molecule has 0 amide bonds. The van der Waals surface area contributed by atoms with E-state index in [9.17, 15) is 8.42 Å². The average molecular weight is 405 g/mol. The highest BCUT2D eigenvalue weighted by atomic mass is 32.2. The predicted octanol–water partition coefficient (Wildman–Crippen LogP) is 3.54. The summed E-state index contributed by atoms with van der Waals surface area (Å²) in [7, 11) is -1.80. The molecule has 2 aromatic carbocycles. The number of hydrogen-bond acceptors (Lipinski definition) is 6. The number of fused-ring (bicyclic) bond motifs is 1. The van der Waals surface area contributed by atoms with E-state index in [0.717, 1.165) is 16.0 Å². The van der Waals surface area contributed by atoms with Gasteiger partial charge in [-0.1, -0.05) is 29.5 Å². The summed E-state index contributed by atoms with van der Waals surface area (Å²) < 4.78 is 39.2. The molecular weight excluding hydrogens is 384 g/mol. The van der Waals surface area contributed by atoms with Gasteiger partial charge < -0.3 is 9.47 Å². The van der Waals surface area contributed by atoms with Crippen molar-refractivity contribution in [3.63, 3.8) is 0 Å². The number of hydrogen-bond donors (Lipinski definition) is 0. The van der Waals surface area contributed by atoms with E-state index in [1.165, 1.54) is 15.6 Å². The molecule has 6 nitrogen and oxygen atoms in total. The first-order valence-corrected chi connectivity index (χ1v) is 11.0. The lowest BCUT2D eigenvalue weighted by Gasteiger charge is -2.30. The normalized spacial score (nSPS) is 16.5. The van der Waals surface area contributed by atoms with E-state index in [2.05, 4.69) is 4.98 Å². The second-order valence-corrected chi connectivity index (χ2v) is 9.28. The van der Waals surface area contributed by atoms with E-state index in [-0.39, 0.29) is 6.10 Å². The van der Waals surface area contributed by atoms with Crippen molar-refractivity contribution in [3.8, 4) is 10.9 Å². The van der Waals surface area contributed by atoms with Crippen molar-refractivity contribution in [2.75, 3.05) is 20.2 Å². The molecule has 8 heteroatoms. The van der Waals surface area contributed by atoms with E-state index in [0.29, 0.717) is 36.0 Å². The minimum Gasteiger partial charge on any atom is -0.497 e. The van der Waals surface area contributed by atoms with Crippen molar-refractivity contribution < 1.29 is 17.9 Å². The second kappa shape index (κ2) is 7.46. The van der Waals surface area contributed by atoms with Gasteiger partial charge in [-0.25, -0.2) is 13.4 Å². The summed E-state index contributed by atoms with van der Waals surface area (Å²) in [6.07, 6.45) is 1.26. The average Bonchev–Trinajstić information content (AvgIpc) is 3.10. The maximum absolute atomic E-state index is 12.7. The van der Waals surface area contributed by atoms with Crippen LogP contribution in [0, 0.1) is 0 Å². The molecule has 0 radical (unpaired) electrons. The minimum atomic E-state index is -3.44. The van der Waals surface area contributed by atoms with E-state index >= 15 is 0 Å². The summed E-state index contributed by atoms with van der Waals surface area (Å²) in [6, 6.07) is 14.3. The molecule has 0 bridgehead atoms. The van der Waals surface area contributed by atoms with E-state index in [1.807, 2.05) is 24.3 Å². The van der Waals surface area contributed by atoms with Gasteiger partial charge in [-0.2, -0.15) is 4.31 Å². The molecule has 4 rings (SSSR count). The summed E-state index contributed by atoms with van der Waals surface area (Å²) in [5, 5.41) is 0.614. The maximum atomic E-state index is 12.7. The summed E-state index contributed by atoms with van der Waals surface area (Å²) in [5.74, 6) is 0.789.